The lowest BCUT2D eigenvalue weighted by atomic mass is 10.2. The molecule has 1 aliphatic rings. The van der Waals surface area contributed by atoms with E-state index in [0.717, 1.165) is 12.1 Å². The zero-order valence-corrected chi connectivity index (χ0v) is 15.0. The fraction of sp³-hybridized carbons (Fsp3) is 0.188. The van der Waals surface area contributed by atoms with E-state index in [0.29, 0.717) is 25.1 Å². The summed E-state index contributed by atoms with van der Waals surface area (Å²) in [5.41, 5.74) is 0.167. The maximum Gasteiger partial charge on any atom is 0.289 e. The van der Waals surface area contributed by atoms with E-state index in [2.05, 4.69) is 4.72 Å². The van der Waals surface area contributed by atoms with Gasteiger partial charge < -0.3 is 4.90 Å². The molecular weight excluding hydrogens is 382 g/mol. The highest BCUT2D eigenvalue weighted by Crippen LogP contribution is 2.32. The number of nitro groups is 1. The molecule has 0 radical (unpaired) electrons. The Labute approximate surface area is 154 Å². The van der Waals surface area contributed by atoms with Crippen molar-refractivity contribution >= 4 is 44.6 Å². The predicted molar refractivity (Wildman–Crippen MR) is 96.9 cm³/mol. The first-order valence-electron chi connectivity index (χ1n) is 7.66. The van der Waals surface area contributed by atoms with Crippen molar-refractivity contribution in [3.63, 3.8) is 0 Å². The largest absolute Gasteiger partial charge is 0.310 e. The summed E-state index contributed by atoms with van der Waals surface area (Å²) in [6, 6.07) is 9.74. The molecule has 0 aliphatic carbocycles. The molecule has 0 aromatic heterocycles. The van der Waals surface area contributed by atoms with E-state index in [4.69, 9.17) is 11.6 Å². The van der Waals surface area contributed by atoms with Crippen LogP contribution in [0.25, 0.3) is 0 Å². The molecule has 2 aromatic rings. The van der Waals surface area contributed by atoms with E-state index in [1.54, 1.807) is 18.2 Å². The van der Waals surface area contributed by atoms with E-state index in [9.17, 15) is 23.3 Å². The average molecular weight is 396 g/mol. The average Bonchev–Trinajstić information content (AvgIpc) is 3.01. The van der Waals surface area contributed by atoms with Crippen LogP contribution in [0.15, 0.2) is 47.4 Å². The number of nitro benzene ring substituents is 1. The number of hydrogen-bond donors (Lipinski definition) is 1. The standard InChI is InChI=1S/C16H14ClN3O5S/c17-12-8-7-11(10-15(12)20(22)23)26(24,25)18-13-4-1-2-5-14(13)19-9-3-6-16(19)21/h1-2,4-5,7-8,10,18H,3,6,9H2. The van der Waals surface area contributed by atoms with Crippen molar-refractivity contribution in [1.29, 1.82) is 0 Å². The number of carbonyl (C=O) groups excluding carboxylic acids is 1. The minimum atomic E-state index is -4.11. The van der Waals surface area contributed by atoms with Crippen LogP contribution >= 0.6 is 11.6 Å². The van der Waals surface area contributed by atoms with Crippen LogP contribution in [-0.2, 0) is 14.8 Å². The number of halogens is 1. The molecular formula is C16H14ClN3O5S. The third-order valence-corrected chi connectivity index (χ3v) is 5.62. The lowest BCUT2D eigenvalue weighted by molar-refractivity contribution is -0.384. The number of sulfonamides is 1. The molecule has 0 atom stereocenters. The molecule has 0 bridgehead atoms. The first kappa shape index (κ1) is 18.2. The van der Waals surface area contributed by atoms with Crippen LogP contribution < -0.4 is 9.62 Å². The molecule has 0 saturated carbocycles. The first-order chi connectivity index (χ1) is 12.3. The van der Waals surface area contributed by atoms with Crippen LogP contribution in [0.2, 0.25) is 5.02 Å². The minimum absolute atomic E-state index is 0.0845. The highest BCUT2D eigenvalue weighted by molar-refractivity contribution is 7.92. The van der Waals surface area contributed by atoms with E-state index in [1.165, 1.54) is 17.0 Å². The lowest BCUT2D eigenvalue weighted by Gasteiger charge is -2.20. The van der Waals surface area contributed by atoms with E-state index >= 15 is 0 Å². The van der Waals surface area contributed by atoms with Gasteiger partial charge in [-0.05, 0) is 30.7 Å². The number of nitrogens with one attached hydrogen (secondary N) is 1. The number of hydrogen-bond acceptors (Lipinski definition) is 5. The second kappa shape index (κ2) is 6.93. The maximum absolute atomic E-state index is 12.7. The minimum Gasteiger partial charge on any atom is -0.310 e. The number of amides is 1. The molecule has 10 heteroatoms. The summed E-state index contributed by atoms with van der Waals surface area (Å²) >= 11 is 5.73. The molecule has 1 amide bonds. The van der Waals surface area contributed by atoms with Gasteiger partial charge in [-0.3, -0.25) is 19.6 Å². The second-order valence-corrected chi connectivity index (χ2v) is 7.73. The van der Waals surface area contributed by atoms with Gasteiger partial charge in [0, 0.05) is 19.0 Å². The van der Waals surface area contributed by atoms with Crippen molar-refractivity contribution in [1.82, 2.24) is 0 Å². The topological polar surface area (TPSA) is 110 Å². The Kier molecular flexibility index (Phi) is 4.84. The Balaban J connectivity index is 1.98. The van der Waals surface area contributed by atoms with Crippen molar-refractivity contribution in [3.05, 3.63) is 57.6 Å². The summed E-state index contributed by atoms with van der Waals surface area (Å²) in [6.45, 7) is 0.504. The van der Waals surface area contributed by atoms with Gasteiger partial charge in [0.25, 0.3) is 15.7 Å². The van der Waals surface area contributed by atoms with Gasteiger partial charge in [-0.25, -0.2) is 8.42 Å². The molecule has 2 aromatic carbocycles. The zero-order valence-electron chi connectivity index (χ0n) is 13.4. The van der Waals surface area contributed by atoms with Crippen molar-refractivity contribution in [2.24, 2.45) is 0 Å². The van der Waals surface area contributed by atoms with E-state index in [-0.39, 0.29) is 21.5 Å². The highest BCUT2D eigenvalue weighted by atomic mass is 35.5. The monoisotopic (exact) mass is 395 g/mol. The molecule has 8 nitrogen and oxygen atoms in total. The Bertz CT molecular complexity index is 993. The number of para-hydroxylation sites is 2. The Morgan fingerprint density at radius 2 is 1.92 bits per heavy atom. The van der Waals surface area contributed by atoms with Crippen molar-refractivity contribution in [3.8, 4) is 0 Å². The van der Waals surface area contributed by atoms with Gasteiger partial charge >= 0.3 is 0 Å². The molecule has 0 spiro atoms. The van der Waals surface area contributed by atoms with Crippen LogP contribution in [0.5, 0.6) is 0 Å². The fourth-order valence-corrected chi connectivity index (χ4v) is 3.98. The molecule has 1 saturated heterocycles. The molecule has 1 aliphatic heterocycles. The summed E-state index contributed by atoms with van der Waals surface area (Å²) in [5.74, 6) is -0.0845. The predicted octanol–water partition coefficient (Wildman–Crippen LogP) is 3.18. The molecule has 1 N–H and O–H groups in total. The SMILES string of the molecule is O=C1CCCN1c1ccccc1NS(=O)(=O)c1ccc(Cl)c([N+](=O)[O-])c1. The second-order valence-electron chi connectivity index (χ2n) is 5.64. The third-order valence-electron chi connectivity index (χ3n) is 3.94. The number of carbonyl (C=O) groups is 1. The van der Waals surface area contributed by atoms with Crippen molar-refractivity contribution < 1.29 is 18.1 Å². The smallest absolute Gasteiger partial charge is 0.289 e. The van der Waals surface area contributed by atoms with E-state index < -0.39 is 20.6 Å². The van der Waals surface area contributed by atoms with Crippen LogP contribution in [0.4, 0.5) is 17.1 Å². The van der Waals surface area contributed by atoms with Crippen LogP contribution in [0, 0.1) is 10.1 Å². The summed E-state index contributed by atoms with van der Waals surface area (Å²) < 4.78 is 27.7. The number of benzene rings is 2. The molecule has 1 heterocycles. The summed E-state index contributed by atoms with van der Waals surface area (Å²) in [4.78, 5) is 23.4. The van der Waals surface area contributed by atoms with Gasteiger partial charge in [0.1, 0.15) is 5.02 Å². The Morgan fingerprint density at radius 3 is 2.58 bits per heavy atom. The Hall–Kier alpha value is -2.65. The maximum atomic E-state index is 12.7. The van der Waals surface area contributed by atoms with Gasteiger partial charge in [0.05, 0.1) is 21.2 Å². The summed E-state index contributed by atoms with van der Waals surface area (Å²) in [6.07, 6.45) is 1.10. The zero-order chi connectivity index (χ0) is 18.9. The van der Waals surface area contributed by atoms with Gasteiger partial charge in [-0.15, -0.1) is 0 Å². The highest BCUT2D eigenvalue weighted by Gasteiger charge is 2.26. The van der Waals surface area contributed by atoms with Crippen LogP contribution in [0.3, 0.4) is 0 Å². The number of rotatable bonds is 5. The quantitative estimate of drug-likeness (QED) is 0.617. The molecule has 0 unspecified atom stereocenters. The molecule has 136 valence electrons. The molecule has 3 rings (SSSR count). The van der Waals surface area contributed by atoms with Crippen LogP contribution in [-0.4, -0.2) is 25.8 Å². The van der Waals surface area contributed by atoms with Gasteiger partial charge in [-0.1, -0.05) is 23.7 Å². The van der Waals surface area contributed by atoms with E-state index in [1.807, 2.05) is 0 Å². The summed E-state index contributed by atoms with van der Waals surface area (Å²) in [5, 5.41) is 10.8. The van der Waals surface area contributed by atoms with Gasteiger partial charge in [0.2, 0.25) is 5.91 Å². The Morgan fingerprint density at radius 1 is 1.19 bits per heavy atom. The number of nitrogens with zero attached hydrogens (tertiary/aromatic N) is 2. The third kappa shape index (κ3) is 3.49. The van der Waals surface area contributed by atoms with Crippen molar-refractivity contribution in [2.75, 3.05) is 16.2 Å². The van der Waals surface area contributed by atoms with Crippen molar-refractivity contribution in [2.45, 2.75) is 17.7 Å². The fourth-order valence-electron chi connectivity index (χ4n) is 2.70. The normalized spacial score (nSPS) is 14.5. The molecule has 1 fully saturated rings. The molecule has 26 heavy (non-hydrogen) atoms. The summed E-state index contributed by atoms with van der Waals surface area (Å²) in [7, 11) is -4.11. The van der Waals surface area contributed by atoms with Gasteiger partial charge in [-0.2, -0.15) is 0 Å². The van der Waals surface area contributed by atoms with Crippen LogP contribution in [0.1, 0.15) is 12.8 Å². The first-order valence-corrected chi connectivity index (χ1v) is 9.52. The lowest BCUT2D eigenvalue weighted by Crippen LogP contribution is -2.25. The van der Waals surface area contributed by atoms with Gasteiger partial charge in [0.15, 0.2) is 0 Å². The number of anilines is 2.